The van der Waals surface area contributed by atoms with E-state index in [1.165, 1.54) is 0 Å². The van der Waals surface area contributed by atoms with Gasteiger partial charge in [-0.05, 0) is 12.8 Å². The summed E-state index contributed by atoms with van der Waals surface area (Å²) in [5.41, 5.74) is -0.223. The first-order chi connectivity index (χ1) is 9.77. The molecule has 1 saturated heterocycles. The van der Waals surface area contributed by atoms with Crippen molar-refractivity contribution in [2.75, 3.05) is 0 Å². The van der Waals surface area contributed by atoms with Gasteiger partial charge in [0.2, 0.25) is 0 Å². The Morgan fingerprint density at radius 1 is 1.57 bits per heavy atom. The van der Waals surface area contributed by atoms with Gasteiger partial charge in [-0.25, -0.2) is 9.78 Å². The molecule has 0 amide bonds. The average Bonchev–Trinajstić information content (AvgIpc) is 2.95. The molecule has 1 aliphatic rings. The van der Waals surface area contributed by atoms with Crippen LogP contribution in [0, 0.1) is 11.3 Å². The normalized spacial score (nSPS) is 22.3. The lowest BCUT2D eigenvalue weighted by Gasteiger charge is -2.21. The number of nitrogens with one attached hydrogen (secondary N) is 2. The van der Waals surface area contributed by atoms with E-state index in [1.807, 2.05) is 0 Å². The van der Waals surface area contributed by atoms with E-state index in [9.17, 15) is 18.0 Å². The van der Waals surface area contributed by atoms with Crippen molar-refractivity contribution >= 4 is 11.8 Å². The van der Waals surface area contributed by atoms with Crippen molar-refractivity contribution in [3.63, 3.8) is 0 Å². The van der Waals surface area contributed by atoms with E-state index in [-0.39, 0.29) is 36.7 Å². The van der Waals surface area contributed by atoms with Gasteiger partial charge in [-0.2, -0.15) is 13.2 Å². The summed E-state index contributed by atoms with van der Waals surface area (Å²) in [6, 6.07) is -0.827. The summed E-state index contributed by atoms with van der Waals surface area (Å²) in [6.07, 6.45) is -2.84. The largest absolute Gasteiger partial charge is 0.476 e. The Kier molecular flexibility index (Phi) is 4.19. The Hall–Kier alpha value is -2.06. The lowest BCUT2D eigenvalue weighted by molar-refractivity contribution is -0.176. The minimum absolute atomic E-state index is 0.105. The number of carboxylic acid groups (broad SMARTS) is 1. The summed E-state index contributed by atoms with van der Waals surface area (Å²) in [5.74, 6) is -2.69. The Labute approximate surface area is 117 Å². The predicted molar refractivity (Wildman–Crippen MR) is 65.2 cm³/mol. The summed E-state index contributed by atoms with van der Waals surface area (Å²) >= 11 is 0. The monoisotopic (exact) mass is 305 g/mol. The topological polar surface area (TPSA) is 99.2 Å². The fraction of sp³-hybridized carbons (Fsp3) is 0.583. The van der Waals surface area contributed by atoms with E-state index in [1.54, 1.807) is 0 Å². The molecule has 9 heteroatoms. The fourth-order valence-corrected chi connectivity index (χ4v) is 2.36. The van der Waals surface area contributed by atoms with Crippen LogP contribution in [0.15, 0.2) is 10.7 Å². The van der Waals surface area contributed by atoms with E-state index in [0.29, 0.717) is 6.42 Å². The molecule has 1 fully saturated rings. The second kappa shape index (κ2) is 5.74. The van der Waals surface area contributed by atoms with Crippen LogP contribution < -0.4 is 5.32 Å². The molecule has 0 unspecified atom stereocenters. The number of aromatic carboxylic acids is 1. The highest BCUT2D eigenvalue weighted by Crippen LogP contribution is 2.36. The van der Waals surface area contributed by atoms with Crippen LogP contribution in [0.2, 0.25) is 0 Å². The van der Waals surface area contributed by atoms with Gasteiger partial charge in [0.25, 0.3) is 0 Å². The van der Waals surface area contributed by atoms with Crippen molar-refractivity contribution in [3.8, 4) is 0 Å². The van der Waals surface area contributed by atoms with Crippen molar-refractivity contribution in [1.82, 2.24) is 10.3 Å². The number of oxazole rings is 1. The molecule has 0 aromatic carbocycles. The Balaban J connectivity index is 1.87. The molecule has 0 aliphatic carbocycles. The molecule has 3 N–H and O–H groups in total. The lowest BCUT2D eigenvalue weighted by Crippen LogP contribution is -2.36. The molecule has 1 aromatic rings. The first-order valence-electron chi connectivity index (χ1n) is 6.35. The minimum Gasteiger partial charge on any atom is -0.476 e. The van der Waals surface area contributed by atoms with Crippen LogP contribution in [-0.4, -0.2) is 34.1 Å². The fourth-order valence-electron chi connectivity index (χ4n) is 2.36. The Morgan fingerprint density at radius 2 is 2.29 bits per heavy atom. The van der Waals surface area contributed by atoms with Gasteiger partial charge in [0.15, 0.2) is 11.6 Å². The molecule has 1 aromatic heterocycles. The standard InChI is InChI=1S/C12H14F3N3O3/c13-12(14,15)6-4-9(16)17-7(6)2-1-3-10-18-8(5-21-10)11(19)20/h5-7H,1-4H2,(H2,16,17)(H,19,20)/t6-,7-/m1/s1. The van der Waals surface area contributed by atoms with E-state index in [2.05, 4.69) is 10.3 Å². The molecule has 6 nitrogen and oxygen atoms in total. The zero-order valence-electron chi connectivity index (χ0n) is 10.9. The number of aryl methyl sites for hydroxylation is 1. The molecular weight excluding hydrogens is 291 g/mol. The maximum Gasteiger partial charge on any atom is 0.394 e. The van der Waals surface area contributed by atoms with E-state index in [4.69, 9.17) is 14.9 Å². The van der Waals surface area contributed by atoms with Gasteiger partial charge >= 0.3 is 12.1 Å². The third-order valence-electron chi connectivity index (χ3n) is 3.37. The number of carbonyl (C=O) groups is 1. The second-order valence-corrected chi connectivity index (χ2v) is 4.91. The van der Waals surface area contributed by atoms with Crippen LogP contribution in [0.4, 0.5) is 13.2 Å². The Bertz CT molecular complexity index is 541. The zero-order valence-corrected chi connectivity index (χ0v) is 10.9. The number of rotatable bonds is 5. The van der Waals surface area contributed by atoms with E-state index < -0.39 is 24.1 Å². The molecule has 0 spiro atoms. The van der Waals surface area contributed by atoms with E-state index >= 15 is 0 Å². The van der Waals surface area contributed by atoms with Crippen LogP contribution in [0.3, 0.4) is 0 Å². The molecule has 0 saturated carbocycles. The zero-order chi connectivity index (χ0) is 15.6. The third-order valence-corrected chi connectivity index (χ3v) is 3.37. The minimum atomic E-state index is -4.33. The number of nitrogens with zero attached hydrogens (tertiary/aromatic N) is 1. The van der Waals surface area contributed by atoms with Crippen molar-refractivity contribution in [3.05, 3.63) is 17.8 Å². The van der Waals surface area contributed by atoms with Gasteiger partial charge in [0.05, 0.1) is 11.8 Å². The van der Waals surface area contributed by atoms with Gasteiger partial charge < -0.3 is 14.8 Å². The predicted octanol–water partition coefficient (Wildman–Crippen LogP) is 2.21. The number of amidine groups is 1. The third kappa shape index (κ3) is 3.73. The number of aromatic nitrogens is 1. The molecule has 2 heterocycles. The van der Waals surface area contributed by atoms with E-state index in [0.717, 1.165) is 6.26 Å². The number of hydrogen-bond acceptors (Lipinski definition) is 4. The van der Waals surface area contributed by atoms with Crippen molar-refractivity contribution in [1.29, 1.82) is 5.41 Å². The van der Waals surface area contributed by atoms with Gasteiger partial charge in [0, 0.05) is 18.9 Å². The second-order valence-electron chi connectivity index (χ2n) is 4.91. The van der Waals surface area contributed by atoms with Crippen LogP contribution in [-0.2, 0) is 6.42 Å². The quantitative estimate of drug-likeness (QED) is 0.774. The Morgan fingerprint density at radius 3 is 2.86 bits per heavy atom. The summed E-state index contributed by atoms with van der Waals surface area (Å²) in [4.78, 5) is 14.3. The number of hydrogen-bond donors (Lipinski definition) is 3. The van der Waals surface area contributed by atoms with Gasteiger partial charge in [-0.1, -0.05) is 0 Å². The molecule has 21 heavy (non-hydrogen) atoms. The van der Waals surface area contributed by atoms with Crippen molar-refractivity contribution in [2.24, 2.45) is 5.92 Å². The summed E-state index contributed by atoms with van der Waals surface area (Å²) in [5, 5.41) is 18.5. The van der Waals surface area contributed by atoms with Crippen molar-refractivity contribution < 1.29 is 27.5 Å². The first kappa shape index (κ1) is 15.3. The maximum absolute atomic E-state index is 12.8. The van der Waals surface area contributed by atoms with Crippen LogP contribution in [0.5, 0.6) is 0 Å². The van der Waals surface area contributed by atoms with Crippen LogP contribution in [0.25, 0.3) is 0 Å². The molecule has 1 aliphatic heterocycles. The van der Waals surface area contributed by atoms with Gasteiger partial charge in [0.1, 0.15) is 6.26 Å². The number of carboxylic acids is 1. The summed E-state index contributed by atoms with van der Waals surface area (Å²) < 4.78 is 43.3. The average molecular weight is 305 g/mol. The highest BCUT2D eigenvalue weighted by molar-refractivity contribution is 5.84. The molecule has 0 bridgehead atoms. The smallest absolute Gasteiger partial charge is 0.394 e. The summed E-state index contributed by atoms with van der Waals surface area (Å²) in [7, 11) is 0. The van der Waals surface area contributed by atoms with Crippen molar-refractivity contribution in [2.45, 2.75) is 37.9 Å². The molecular formula is C12H14F3N3O3. The molecule has 2 atom stereocenters. The van der Waals surface area contributed by atoms with Crippen LogP contribution in [0.1, 0.15) is 35.6 Å². The number of halogens is 3. The maximum atomic E-state index is 12.8. The SMILES string of the molecule is N=C1C[C@@H](C(F)(F)F)[C@@H](CCCc2nc(C(=O)O)co2)N1. The molecule has 2 rings (SSSR count). The van der Waals surface area contributed by atoms with Crippen LogP contribution >= 0.6 is 0 Å². The number of alkyl halides is 3. The lowest BCUT2D eigenvalue weighted by atomic mass is 9.95. The van der Waals surface area contributed by atoms with Gasteiger partial charge in [-0.15, -0.1) is 0 Å². The molecule has 116 valence electrons. The highest BCUT2D eigenvalue weighted by atomic mass is 19.4. The highest BCUT2D eigenvalue weighted by Gasteiger charge is 2.48. The molecule has 0 radical (unpaired) electrons. The summed E-state index contributed by atoms with van der Waals surface area (Å²) in [6.45, 7) is 0. The first-order valence-corrected chi connectivity index (χ1v) is 6.35. The van der Waals surface area contributed by atoms with Gasteiger partial charge in [-0.3, -0.25) is 5.41 Å².